The second-order valence-corrected chi connectivity index (χ2v) is 7.93. The number of carbonyl (C=O) groups excluding carboxylic acids is 2. The van der Waals surface area contributed by atoms with E-state index in [0.29, 0.717) is 13.1 Å². The first-order valence-corrected chi connectivity index (χ1v) is 9.81. The Morgan fingerprint density at radius 3 is 2.72 bits per heavy atom. The topological polar surface area (TPSA) is 73.5 Å². The summed E-state index contributed by atoms with van der Waals surface area (Å²) in [5.74, 6) is -0.771. The number of carbonyl (C=O) groups is 2. The monoisotopic (exact) mass is 396 g/mol. The van der Waals surface area contributed by atoms with Crippen molar-refractivity contribution in [2.24, 2.45) is 5.92 Å². The van der Waals surface area contributed by atoms with Crippen molar-refractivity contribution in [1.82, 2.24) is 15.8 Å². The molecular formula is C22H25FN4O2. The predicted octanol–water partition coefficient (Wildman–Crippen LogP) is 2.48. The van der Waals surface area contributed by atoms with Gasteiger partial charge in [-0.15, -0.1) is 0 Å². The number of hydrogen-bond acceptors (Lipinski definition) is 4. The summed E-state index contributed by atoms with van der Waals surface area (Å²) in [5.41, 5.74) is 10.1. The highest BCUT2D eigenvalue weighted by Crippen LogP contribution is 2.35. The SMILES string of the molecule is Cc1ccc2c(c1)C(CC(=O)N(C)CC1CNNC1c1ccc(F)cc1)C(=O)N2. The number of fused-ring (bicyclic) bond motifs is 1. The van der Waals surface area contributed by atoms with Gasteiger partial charge >= 0.3 is 0 Å². The van der Waals surface area contributed by atoms with Gasteiger partial charge < -0.3 is 10.2 Å². The number of amides is 2. The standard InChI is InChI=1S/C22H25FN4O2/c1-13-3-8-19-17(9-13)18(22(29)25-19)10-20(28)27(2)12-15-11-24-26-21(15)14-4-6-16(23)7-5-14/h3-9,15,18,21,24,26H,10-12H2,1-2H3,(H,25,29). The van der Waals surface area contributed by atoms with Crippen molar-refractivity contribution in [2.45, 2.75) is 25.3 Å². The molecule has 152 valence electrons. The van der Waals surface area contributed by atoms with Gasteiger partial charge in [0, 0.05) is 38.2 Å². The second kappa shape index (κ2) is 7.93. The van der Waals surface area contributed by atoms with Crippen LogP contribution in [0, 0.1) is 18.7 Å². The van der Waals surface area contributed by atoms with Crippen molar-refractivity contribution in [3.05, 3.63) is 65.0 Å². The molecule has 2 aromatic rings. The van der Waals surface area contributed by atoms with Gasteiger partial charge in [0.2, 0.25) is 11.8 Å². The molecule has 3 N–H and O–H groups in total. The van der Waals surface area contributed by atoms with Crippen LogP contribution in [0.2, 0.25) is 0 Å². The van der Waals surface area contributed by atoms with Gasteiger partial charge in [0.1, 0.15) is 5.82 Å². The van der Waals surface area contributed by atoms with Crippen LogP contribution in [0.15, 0.2) is 42.5 Å². The summed E-state index contributed by atoms with van der Waals surface area (Å²) in [7, 11) is 1.77. The van der Waals surface area contributed by atoms with Crippen LogP contribution in [-0.2, 0) is 9.59 Å². The Labute approximate surface area is 169 Å². The number of nitrogens with zero attached hydrogens (tertiary/aromatic N) is 1. The zero-order valence-electron chi connectivity index (χ0n) is 16.5. The van der Waals surface area contributed by atoms with Crippen molar-refractivity contribution in [3.63, 3.8) is 0 Å². The molecule has 2 aliphatic rings. The maximum Gasteiger partial charge on any atom is 0.232 e. The third kappa shape index (κ3) is 4.02. The van der Waals surface area contributed by atoms with Crippen LogP contribution in [0.3, 0.4) is 0 Å². The zero-order chi connectivity index (χ0) is 20.5. The molecule has 29 heavy (non-hydrogen) atoms. The summed E-state index contributed by atoms with van der Waals surface area (Å²) in [6.07, 6.45) is 0.146. The number of nitrogens with one attached hydrogen (secondary N) is 3. The first kappa shape index (κ1) is 19.5. The van der Waals surface area contributed by atoms with Crippen LogP contribution >= 0.6 is 0 Å². The van der Waals surface area contributed by atoms with Crippen molar-refractivity contribution >= 4 is 17.5 Å². The molecule has 3 atom stereocenters. The second-order valence-electron chi connectivity index (χ2n) is 7.93. The minimum Gasteiger partial charge on any atom is -0.345 e. The smallest absolute Gasteiger partial charge is 0.232 e. The van der Waals surface area contributed by atoms with Gasteiger partial charge in [-0.2, -0.15) is 0 Å². The van der Waals surface area contributed by atoms with Crippen LogP contribution < -0.4 is 16.2 Å². The number of anilines is 1. The molecule has 0 aromatic heterocycles. The lowest BCUT2D eigenvalue weighted by atomic mass is 9.93. The molecule has 7 heteroatoms. The maximum atomic E-state index is 13.2. The molecule has 2 amide bonds. The summed E-state index contributed by atoms with van der Waals surface area (Å²) in [5, 5.41) is 2.86. The molecule has 0 aliphatic carbocycles. The summed E-state index contributed by atoms with van der Waals surface area (Å²) in [4.78, 5) is 26.9. The van der Waals surface area contributed by atoms with Gasteiger partial charge in [-0.25, -0.2) is 9.82 Å². The van der Waals surface area contributed by atoms with Crippen molar-refractivity contribution in [1.29, 1.82) is 0 Å². The Hall–Kier alpha value is -2.77. The largest absolute Gasteiger partial charge is 0.345 e. The quantitative estimate of drug-likeness (QED) is 0.726. The number of rotatable bonds is 5. The molecule has 2 aromatic carbocycles. The number of benzene rings is 2. The molecule has 0 saturated carbocycles. The van der Waals surface area contributed by atoms with Crippen LogP contribution in [0.4, 0.5) is 10.1 Å². The fourth-order valence-corrected chi connectivity index (χ4v) is 4.16. The van der Waals surface area contributed by atoms with E-state index in [1.54, 1.807) is 24.1 Å². The number of hydrogen-bond donors (Lipinski definition) is 3. The third-order valence-electron chi connectivity index (χ3n) is 5.79. The lowest BCUT2D eigenvalue weighted by Crippen LogP contribution is -2.36. The van der Waals surface area contributed by atoms with Gasteiger partial charge in [-0.05, 0) is 36.2 Å². The Morgan fingerprint density at radius 1 is 1.21 bits per heavy atom. The Bertz CT molecular complexity index is 931. The van der Waals surface area contributed by atoms with Gasteiger partial charge in [0.25, 0.3) is 0 Å². The zero-order valence-corrected chi connectivity index (χ0v) is 16.5. The van der Waals surface area contributed by atoms with E-state index < -0.39 is 5.92 Å². The Balaban J connectivity index is 1.42. The molecule has 3 unspecified atom stereocenters. The van der Waals surface area contributed by atoms with Crippen molar-refractivity contribution in [2.75, 3.05) is 25.5 Å². The third-order valence-corrected chi connectivity index (χ3v) is 5.79. The molecule has 6 nitrogen and oxygen atoms in total. The van der Waals surface area contributed by atoms with Crippen LogP contribution in [0.25, 0.3) is 0 Å². The molecule has 1 saturated heterocycles. The van der Waals surface area contributed by atoms with E-state index in [1.165, 1.54) is 12.1 Å². The van der Waals surface area contributed by atoms with E-state index in [9.17, 15) is 14.0 Å². The van der Waals surface area contributed by atoms with E-state index in [0.717, 1.165) is 22.4 Å². The lowest BCUT2D eigenvalue weighted by Gasteiger charge is -2.25. The Morgan fingerprint density at radius 2 is 1.97 bits per heavy atom. The summed E-state index contributed by atoms with van der Waals surface area (Å²) < 4.78 is 13.2. The summed E-state index contributed by atoms with van der Waals surface area (Å²) in [6.45, 7) is 3.21. The predicted molar refractivity (Wildman–Crippen MR) is 109 cm³/mol. The average molecular weight is 396 g/mol. The van der Waals surface area contributed by atoms with Crippen LogP contribution in [0.5, 0.6) is 0 Å². The first-order valence-electron chi connectivity index (χ1n) is 9.81. The fraction of sp³-hybridized carbons (Fsp3) is 0.364. The molecule has 2 heterocycles. The minimum absolute atomic E-state index is 0.0102. The van der Waals surface area contributed by atoms with Gasteiger partial charge in [-0.3, -0.25) is 15.0 Å². The van der Waals surface area contributed by atoms with Crippen LogP contribution in [-0.4, -0.2) is 36.9 Å². The van der Waals surface area contributed by atoms with Gasteiger partial charge in [-0.1, -0.05) is 29.8 Å². The molecular weight excluding hydrogens is 371 g/mol. The summed E-state index contributed by atoms with van der Waals surface area (Å²) in [6, 6.07) is 12.2. The van der Waals surface area contributed by atoms with Gasteiger partial charge in [0.15, 0.2) is 0 Å². The molecule has 0 bridgehead atoms. The highest BCUT2D eigenvalue weighted by atomic mass is 19.1. The Kier molecular flexibility index (Phi) is 5.34. The van der Waals surface area contributed by atoms with Gasteiger partial charge in [0.05, 0.1) is 12.0 Å². The first-order chi connectivity index (χ1) is 13.9. The number of halogens is 1. The normalized spacial score (nSPS) is 23.0. The highest BCUT2D eigenvalue weighted by molar-refractivity contribution is 6.05. The average Bonchev–Trinajstić information content (AvgIpc) is 3.27. The van der Waals surface area contributed by atoms with E-state index in [-0.39, 0.29) is 36.0 Å². The highest BCUT2D eigenvalue weighted by Gasteiger charge is 2.35. The van der Waals surface area contributed by atoms with E-state index in [1.807, 2.05) is 25.1 Å². The molecule has 1 fully saturated rings. The van der Waals surface area contributed by atoms with E-state index in [2.05, 4.69) is 16.2 Å². The fourth-order valence-electron chi connectivity index (χ4n) is 4.16. The summed E-state index contributed by atoms with van der Waals surface area (Å²) >= 11 is 0. The van der Waals surface area contributed by atoms with Crippen LogP contribution in [0.1, 0.15) is 35.1 Å². The lowest BCUT2D eigenvalue weighted by molar-refractivity contribution is -0.132. The number of aryl methyl sites for hydroxylation is 1. The molecule has 4 rings (SSSR count). The number of hydrazine groups is 1. The van der Waals surface area contributed by atoms with E-state index >= 15 is 0 Å². The minimum atomic E-state index is -0.451. The maximum absolute atomic E-state index is 13.2. The molecule has 2 aliphatic heterocycles. The van der Waals surface area contributed by atoms with Crippen molar-refractivity contribution < 1.29 is 14.0 Å². The molecule has 0 spiro atoms. The van der Waals surface area contributed by atoms with Crippen molar-refractivity contribution in [3.8, 4) is 0 Å². The molecule has 0 radical (unpaired) electrons. The van der Waals surface area contributed by atoms with E-state index in [4.69, 9.17) is 0 Å².